The summed E-state index contributed by atoms with van der Waals surface area (Å²) in [5.41, 5.74) is 6.33. The number of rotatable bonds is 3. The van der Waals surface area contributed by atoms with Gasteiger partial charge >= 0.3 is 0 Å². The SMILES string of the molecule is CC(Nc1nc(N)ncc1F)c1cccnc1. The number of nitrogen functional groups attached to an aromatic ring is 1. The van der Waals surface area contributed by atoms with Crippen LogP contribution in [0.1, 0.15) is 18.5 Å². The molecule has 0 aromatic carbocycles. The first-order valence-electron chi connectivity index (χ1n) is 5.11. The molecule has 0 aliphatic carbocycles. The zero-order valence-corrected chi connectivity index (χ0v) is 9.26. The molecule has 2 heterocycles. The van der Waals surface area contributed by atoms with Crippen molar-refractivity contribution in [1.82, 2.24) is 15.0 Å². The highest BCUT2D eigenvalue weighted by Crippen LogP contribution is 2.19. The second-order valence-electron chi connectivity index (χ2n) is 3.58. The van der Waals surface area contributed by atoms with E-state index in [4.69, 9.17) is 5.73 Å². The van der Waals surface area contributed by atoms with E-state index in [0.717, 1.165) is 11.8 Å². The van der Waals surface area contributed by atoms with E-state index in [9.17, 15) is 4.39 Å². The van der Waals surface area contributed by atoms with Crippen LogP contribution in [-0.4, -0.2) is 15.0 Å². The molecule has 2 aromatic heterocycles. The largest absolute Gasteiger partial charge is 0.368 e. The van der Waals surface area contributed by atoms with Crippen molar-refractivity contribution in [2.75, 3.05) is 11.1 Å². The maximum absolute atomic E-state index is 13.4. The van der Waals surface area contributed by atoms with Gasteiger partial charge in [-0.25, -0.2) is 9.37 Å². The van der Waals surface area contributed by atoms with Crippen LogP contribution in [0.3, 0.4) is 0 Å². The number of nitrogens with zero attached hydrogens (tertiary/aromatic N) is 3. The summed E-state index contributed by atoms with van der Waals surface area (Å²) in [5, 5.41) is 2.92. The smallest absolute Gasteiger partial charge is 0.222 e. The maximum atomic E-state index is 13.4. The van der Waals surface area contributed by atoms with Crippen LogP contribution in [0.15, 0.2) is 30.7 Å². The highest BCUT2D eigenvalue weighted by Gasteiger charge is 2.10. The van der Waals surface area contributed by atoms with E-state index in [-0.39, 0.29) is 17.8 Å². The number of halogens is 1. The quantitative estimate of drug-likeness (QED) is 0.844. The molecule has 1 atom stereocenters. The van der Waals surface area contributed by atoms with Gasteiger partial charge in [-0.3, -0.25) is 4.98 Å². The molecular formula is C11H12FN5. The third kappa shape index (κ3) is 2.66. The fraction of sp³-hybridized carbons (Fsp3) is 0.182. The number of hydrogen-bond donors (Lipinski definition) is 2. The molecule has 0 spiro atoms. The topological polar surface area (TPSA) is 76.7 Å². The van der Waals surface area contributed by atoms with Crippen molar-refractivity contribution in [2.24, 2.45) is 0 Å². The van der Waals surface area contributed by atoms with Gasteiger partial charge in [0.1, 0.15) is 0 Å². The summed E-state index contributed by atoms with van der Waals surface area (Å²) >= 11 is 0. The van der Waals surface area contributed by atoms with E-state index in [2.05, 4.69) is 20.3 Å². The fourth-order valence-electron chi connectivity index (χ4n) is 1.40. The zero-order chi connectivity index (χ0) is 12.3. The molecule has 6 heteroatoms. The Labute approximate surface area is 97.9 Å². The maximum Gasteiger partial charge on any atom is 0.222 e. The lowest BCUT2D eigenvalue weighted by atomic mass is 10.1. The Morgan fingerprint density at radius 2 is 2.24 bits per heavy atom. The lowest BCUT2D eigenvalue weighted by molar-refractivity contribution is 0.614. The van der Waals surface area contributed by atoms with E-state index in [0.29, 0.717) is 0 Å². The summed E-state index contributed by atoms with van der Waals surface area (Å²) in [6.07, 6.45) is 4.43. The summed E-state index contributed by atoms with van der Waals surface area (Å²) in [6, 6.07) is 3.60. The Bertz CT molecular complexity index is 502. The van der Waals surface area contributed by atoms with Crippen LogP contribution in [0.2, 0.25) is 0 Å². The Morgan fingerprint density at radius 3 is 2.94 bits per heavy atom. The molecule has 0 saturated heterocycles. The molecule has 3 N–H and O–H groups in total. The summed E-state index contributed by atoms with van der Waals surface area (Å²) in [7, 11) is 0. The van der Waals surface area contributed by atoms with Gasteiger partial charge < -0.3 is 11.1 Å². The van der Waals surface area contributed by atoms with Gasteiger partial charge in [0.2, 0.25) is 5.95 Å². The molecule has 2 aromatic rings. The van der Waals surface area contributed by atoms with Gasteiger partial charge in [0.25, 0.3) is 0 Å². The predicted molar refractivity (Wildman–Crippen MR) is 62.7 cm³/mol. The minimum atomic E-state index is -0.532. The Kier molecular flexibility index (Phi) is 3.13. The number of hydrogen-bond acceptors (Lipinski definition) is 5. The van der Waals surface area contributed by atoms with Crippen LogP contribution in [0.4, 0.5) is 16.2 Å². The summed E-state index contributed by atoms with van der Waals surface area (Å²) < 4.78 is 13.4. The molecule has 0 aliphatic heterocycles. The van der Waals surface area contributed by atoms with E-state index in [1.165, 1.54) is 0 Å². The molecule has 0 radical (unpaired) electrons. The van der Waals surface area contributed by atoms with Crippen LogP contribution in [-0.2, 0) is 0 Å². The molecule has 0 bridgehead atoms. The number of anilines is 2. The molecule has 0 saturated carbocycles. The van der Waals surface area contributed by atoms with Crippen molar-refractivity contribution >= 4 is 11.8 Å². The average Bonchev–Trinajstić information content (AvgIpc) is 2.35. The lowest BCUT2D eigenvalue weighted by Crippen LogP contribution is -2.11. The molecule has 1 unspecified atom stereocenters. The van der Waals surface area contributed by atoms with E-state index in [1.54, 1.807) is 12.4 Å². The molecule has 0 amide bonds. The van der Waals surface area contributed by atoms with Crippen LogP contribution in [0, 0.1) is 5.82 Å². The minimum absolute atomic E-state index is 0.0345. The lowest BCUT2D eigenvalue weighted by Gasteiger charge is -2.14. The summed E-state index contributed by atoms with van der Waals surface area (Å²) in [4.78, 5) is 11.4. The fourth-order valence-corrected chi connectivity index (χ4v) is 1.40. The molecule has 0 aliphatic rings. The predicted octanol–water partition coefficient (Wildman–Crippen LogP) is 1.77. The van der Waals surface area contributed by atoms with E-state index >= 15 is 0 Å². The van der Waals surface area contributed by atoms with Crippen molar-refractivity contribution in [3.05, 3.63) is 42.1 Å². The van der Waals surface area contributed by atoms with Crippen molar-refractivity contribution in [3.63, 3.8) is 0 Å². The normalized spacial score (nSPS) is 12.1. The first-order valence-corrected chi connectivity index (χ1v) is 5.11. The molecular weight excluding hydrogens is 221 g/mol. The van der Waals surface area contributed by atoms with Crippen LogP contribution >= 0.6 is 0 Å². The molecule has 0 fully saturated rings. The number of aromatic nitrogens is 3. The number of nitrogens with two attached hydrogens (primary N) is 1. The van der Waals surface area contributed by atoms with Crippen molar-refractivity contribution < 1.29 is 4.39 Å². The van der Waals surface area contributed by atoms with Gasteiger partial charge in [-0.05, 0) is 18.6 Å². The first-order chi connectivity index (χ1) is 8.16. The van der Waals surface area contributed by atoms with Gasteiger partial charge in [-0.1, -0.05) is 6.07 Å². The third-order valence-electron chi connectivity index (χ3n) is 2.30. The number of nitrogens with one attached hydrogen (secondary N) is 1. The standard InChI is InChI=1S/C11H12FN5/c1-7(8-3-2-4-14-5-8)16-10-9(12)6-15-11(13)17-10/h2-7H,1H3,(H3,13,15,16,17). The Balaban J connectivity index is 2.18. The van der Waals surface area contributed by atoms with E-state index < -0.39 is 5.82 Å². The molecule has 17 heavy (non-hydrogen) atoms. The van der Waals surface area contributed by atoms with Crippen molar-refractivity contribution in [1.29, 1.82) is 0 Å². The van der Waals surface area contributed by atoms with Crippen molar-refractivity contribution in [2.45, 2.75) is 13.0 Å². The number of pyridine rings is 1. The van der Waals surface area contributed by atoms with Gasteiger partial charge in [-0.2, -0.15) is 4.98 Å². The zero-order valence-electron chi connectivity index (χ0n) is 9.26. The summed E-state index contributed by atoms with van der Waals surface area (Å²) in [5.74, 6) is -0.406. The van der Waals surface area contributed by atoms with Crippen LogP contribution in [0.5, 0.6) is 0 Å². The third-order valence-corrected chi connectivity index (χ3v) is 2.30. The molecule has 88 valence electrons. The van der Waals surface area contributed by atoms with Gasteiger partial charge in [0, 0.05) is 12.4 Å². The summed E-state index contributed by atoms with van der Waals surface area (Å²) in [6.45, 7) is 1.88. The van der Waals surface area contributed by atoms with Gasteiger partial charge in [0.05, 0.1) is 12.2 Å². The molecule has 2 rings (SSSR count). The average molecular weight is 233 g/mol. The second-order valence-corrected chi connectivity index (χ2v) is 3.58. The minimum Gasteiger partial charge on any atom is -0.368 e. The molecule has 5 nitrogen and oxygen atoms in total. The highest BCUT2D eigenvalue weighted by atomic mass is 19.1. The monoisotopic (exact) mass is 233 g/mol. The van der Waals surface area contributed by atoms with Crippen molar-refractivity contribution in [3.8, 4) is 0 Å². The van der Waals surface area contributed by atoms with Gasteiger partial charge in [-0.15, -0.1) is 0 Å². The Hall–Kier alpha value is -2.24. The van der Waals surface area contributed by atoms with Gasteiger partial charge in [0.15, 0.2) is 11.6 Å². The highest BCUT2D eigenvalue weighted by molar-refractivity contribution is 5.41. The first kappa shape index (κ1) is 11.3. The van der Waals surface area contributed by atoms with Crippen LogP contribution < -0.4 is 11.1 Å². The van der Waals surface area contributed by atoms with E-state index in [1.807, 2.05) is 19.1 Å². The Morgan fingerprint density at radius 1 is 1.41 bits per heavy atom. The van der Waals surface area contributed by atoms with Crippen LogP contribution in [0.25, 0.3) is 0 Å². The second kappa shape index (κ2) is 4.73.